The topological polar surface area (TPSA) is 299 Å². The van der Waals surface area contributed by atoms with Gasteiger partial charge in [0.1, 0.15) is 85.7 Å². The molecule has 0 saturated heterocycles. The lowest BCUT2D eigenvalue weighted by Gasteiger charge is -2.11. The minimum absolute atomic E-state index is 0.0921. The molecular formula is C120H102N6O16. The van der Waals surface area contributed by atoms with Crippen LogP contribution in [0.5, 0.6) is 86.2 Å². The third-order valence-corrected chi connectivity index (χ3v) is 22.0. The summed E-state index contributed by atoms with van der Waals surface area (Å²) in [7, 11) is 6.45. The maximum atomic E-state index is 11.2. The number of nitrogens with zero attached hydrogens (tertiary/aromatic N) is 6. The average Bonchev–Trinajstić information content (AvgIpc) is 0.868. The summed E-state index contributed by atoms with van der Waals surface area (Å²) in [4.78, 5) is 38.2. The Kier molecular flexibility index (Phi) is 32.9. The van der Waals surface area contributed by atoms with Crippen molar-refractivity contribution in [1.29, 1.82) is 0 Å². The third-order valence-electron chi connectivity index (χ3n) is 22.0. The summed E-state index contributed by atoms with van der Waals surface area (Å²) in [5.74, 6) is 6.99. The normalized spacial score (nSPS) is 11.4. The molecule has 19 aromatic rings. The molecule has 0 unspecified atom stereocenters. The van der Waals surface area contributed by atoms with Crippen LogP contribution in [0, 0.1) is 6.92 Å². The van der Waals surface area contributed by atoms with Gasteiger partial charge in [0.25, 0.3) is 0 Å². The molecule has 0 bridgehead atoms. The van der Waals surface area contributed by atoms with Gasteiger partial charge >= 0.3 is 5.97 Å². The van der Waals surface area contributed by atoms with E-state index in [-0.39, 0.29) is 53.4 Å². The van der Waals surface area contributed by atoms with Crippen molar-refractivity contribution < 1.29 is 78.1 Å². The Balaban J connectivity index is 0.000000129. The van der Waals surface area contributed by atoms with Crippen molar-refractivity contribution in [3.63, 3.8) is 0 Å². The molecule has 0 spiro atoms. The molecule has 6 N–H and O–H groups in total. The van der Waals surface area contributed by atoms with Gasteiger partial charge in [-0.2, -0.15) is 0 Å². The van der Waals surface area contributed by atoms with Gasteiger partial charge < -0.3 is 73.3 Å². The zero-order valence-corrected chi connectivity index (χ0v) is 79.1. The molecule has 0 radical (unpaired) electrons. The minimum Gasteiger partial charge on any atom is -0.506 e. The number of para-hydroxylation sites is 6. The van der Waals surface area contributed by atoms with E-state index in [9.17, 15) is 35.4 Å². The predicted molar refractivity (Wildman–Crippen MR) is 568 cm³/mol. The molecule has 0 fully saturated rings. The summed E-state index contributed by atoms with van der Waals surface area (Å²) in [5, 5.41) is 64.6. The van der Waals surface area contributed by atoms with Crippen LogP contribution in [0.3, 0.4) is 0 Å². The summed E-state index contributed by atoms with van der Waals surface area (Å²) in [6, 6.07) is 104. The number of pyridine rings is 6. The first-order valence-electron chi connectivity index (χ1n) is 45.4. The number of benzene rings is 13. The van der Waals surface area contributed by atoms with Crippen LogP contribution in [0.15, 0.2) is 334 Å². The van der Waals surface area contributed by atoms with Gasteiger partial charge in [-0.1, -0.05) is 225 Å². The van der Waals surface area contributed by atoms with E-state index in [0.29, 0.717) is 62.7 Å². The van der Waals surface area contributed by atoms with Crippen LogP contribution in [0.2, 0.25) is 0 Å². The molecular weight excluding hydrogens is 1780 g/mol. The maximum absolute atomic E-state index is 11.2. The summed E-state index contributed by atoms with van der Waals surface area (Å²) in [6.45, 7) is 8.15. The number of ether oxygens (including phenoxy) is 9. The first kappa shape index (κ1) is 98.0. The number of aryl methyl sites for hydroxylation is 1. The first-order chi connectivity index (χ1) is 69.1. The minimum atomic E-state index is -0.383. The standard InChI is InChI=1S/C25H21NO3.C20H17NO4.C20H19NO2.C19H17NO2.C18H13NO3.C18H15NO2/c1-28-24-16-18(11-15-23(24)29-17-19-6-3-2-4-7-19)10-13-21-14-12-20-8-5-9-22(27)25(20)26-21;1-13(22)25-18-5-3-4-15-8-10-16(21-20(15)18)9-6-14-7-11-17(23)19(12-14)24-2;1-14(2)23-18-12-7-15(8-13-18)6-10-17-11-9-16-4-3-5-19(22)20(16)21-17;1-13-12-14(7-11-18(13)22-2)6-9-16-10-8-15-4-3-5-17(21)19(15)20-16;20-15-3-1-2-13-6-8-14(19-18(13)15)7-4-12-5-9-16-17(10-12)22-11-21-16;1-21-16-6-2-4-13(12-16)8-10-15-11-9-14-5-3-7-17(20)18(14)19-15/h2-16,27H,17H2,1H3;3-12,23H,1-2H3;3-14,22H,1-2H3;3-12,21H,1-2H3;1-10,20H,11H2;2-12,20H,1H3/b13-10+;9-6+;10-6+;9-6+;7-4+;10-8+. The molecule has 22 nitrogen and oxygen atoms in total. The van der Waals surface area contributed by atoms with Crippen molar-refractivity contribution in [3.05, 3.63) is 412 Å². The summed E-state index contributed by atoms with van der Waals surface area (Å²) < 4.78 is 48.5. The van der Waals surface area contributed by atoms with Gasteiger partial charge in [0, 0.05) is 39.2 Å². The number of aromatic hydroxyl groups is 6. The number of phenolic OH excluding ortho intramolecular Hbond substituents is 6. The van der Waals surface area contributed by atoms with E-state index in [0.717, 1.165) is 140 Å². The van der Waals surface area contributed by atoms with Crippen molar-refractivity contribution in [3.8, 4) is 86.2 Å². The van der Waals surface area contributed by atoms with Gasteiger partial charge in [-0.05, 0) is 247 Å². The van der Waals surface area contributed by atoms with E-state index in [2.05, 4.69) is 36.0 Å². The maximum Gasteiger partial charge on any atom is 0.308 e. The Labute approximate surface area is 821 Å². The molecule has 13 aromatic carbocycles. The van der Waals surface area contributed by atoms with Gasteiger partial charge in [0.2, 0.25) is 6.79 Å². The second-order valence-electron chi connectivity index (χ2n) is 32.6. The second-order valence-corrected chi connectivity index (χ2v) is 32.6. The number of fused-ring (bicyclic) bond motifs is 7. The highest BCUT2D eigenvalue weighted by atomic mass is 16.7. The largest absolute Gasteiger partial charge is 0.506 e. The summed E-state index contributed by atoms with van der Waals surface area (Å²) in [6.07, 6.45) is 23.4. The van der Waals surface area contributed by atoms with Gasteiger partial charge in [-0.15, -0.1) is 0 Å². The Morgan fingerprint density at radius 3 is 1.10 bits per heavy atom. The zero-order chi connectivity index (χ0) is 99.2. The number of carbonyl (C=O) groups excluding carboxylic acids is 1. The number of esters is 1. The molecule has 20 rings (SSSR count). The van der Waals surface area contributed by atoms with E-state index < -0.39 is 0 Å². The molecule has 142 heavy (non-hydrogen) atoms. The van der Waals surface area contributed by atoms with Crippen molar-refractivity contribution in [2.24, 2.45) is 0 Å². The lowest BCUT2D eigenvalue weighted by Crippen LogP contribution is -2.05. The quantitative estimate of drug-likeness (QED) is 0.0271. The molecule has 1 aliphatic heterocycles. The smallest absolute Gasteiger partial charge is 0.308 e. The Bertz CT molecular complexity index is 7870. The Hall–Kier alpha value is -18.6. The first-order valence-corrected chi connectivity index (χ1v) is 45.4. The van der Waals surface area contributed by atoms with Crippen LogP contribution in [0.25, 0.3) is 138 Å². The van der Waals surface area contributed by atoms with Crippen LogP contribution in [0.4, 0.5) is 0 Å². The molecule has 6 aromatic heterocycles. The third kappa shape index (κ3) is 26.8. The van der Waals surface area contributed by atoms with Crippen molar-refractivity contribution >= 4 is 144 Å². The van der Waals surface area contributed by atoms with Gasteiger partial charge in [0.05, 0.1) is 68.7 Å². The van der Waals surface area contributed by atoms with Crippen LogP contribution in [0.1, 0.15) is 99.4 Å². The molecule has 1 aliphatic rings. The molecule has 0 atom stereocenters. The number of phenols is 6. The predicted octanol–water partition coefficient (Wildman–Crippen LogP) is 27.0. The summed E-state index contributed by atoms with van der Waals surface area (Å²) >= 11 is 0. The molecule has 22 heteroatoms. The van der Waals surface area contributed by atoms with Gasteiger partial charge in [0.15, 0.2) is 40.2 Å². The molecule has 0 amide bonds. The number of methoxy groups -OCH3 is 4. The number of aromatic nitrogens is 6. The van der Waals surface area contributed by atoms with E-state index in [1.165, 1.54) is 14.0 Å². The Morgan fingerprint density at radius 1 is 0.303 bits per heavy atom. The highest BCUT2D eigenvalue weighted by Crippen LogP contribution is 2.37. The SMILES string of the molecule is CC(C)Oc1ccc(/C=C/c2ccc3cccc(O)c3n2)cc1.COc1cc(/C=C/c2ccc3cccc(O)c3n2)ccc1OCc1ccccc1.COc1cc(/C=C/c2ccc3cccc(OC(C)=O)c3n2)ccc1O.COc1ccc(/C=C/c2ccc3cccc(O)c3n2)cc1C.COc1cccc(/C=C/c2ccc3cccc(O)c3n2)c1.Oc1cccc2ccc(/C=C/c3ccc4c(c3)OCO4)nc12. The van der Waals surface area contributed by atoms with Crippen molar-refractivity contribution in [1.82, 2.24) is 29.9 Å². The lowest BCUT2D eigenvalue weighted by molar-refractivity contribution is -0.131. The second kappa shape index (κ2) is 47.8. The average molecular weight is 1880 g/mol. The fourth-order valence-electron chi connectivity index (χ4n) is 14.9. The van der Waals surface area contributed by atoms with Crippen LogP contribution in [-0.4, -0.2) is 108 Å². The molecule has 7 heterocycles. The van der Waals surface area contributed by atoms with E-state index in [4.69, 9.17) is 42.6 Å². The number of hydrogen-bond donors (Lipinski definition) is 6. The van der Waals surface area contributed by atoms with E-state index in [1.807, 2.05) is 367 Å². The molecule has 0 aliphatic carbocycles. The van der Waals surface area contributed by atoms with Crippen LogP contribution < -0.4 is 42.6 Å². The van der Waals surface area contributed by atoms with E-state index in [1.54, 1.807) is 75.9 Å². The van der Waals surface area contributed by atoms with Crippen LogP contribution >= 0.6 is 0 Å². The summed E-state index contributed by atoms with van der Waals surface area (Å²) in [5.41, 5.74) is 16.6. The Morgan fingerprint density at radius 2 is 0.669 bits per heavy atom. The van der Waals surface area contributed by atoms with Gasteiger partial charge in [-0.25, -0.2) is 29.9 Å². The molecule has 0 saturated carbocycles. The number of rotatable bonds is 22. The highest BCUT2D eigenvalue weighted by molar-refractivity contribution is 5.92. The van der Waals surface area contributed by atoms with Gasteiger partial charge in [-0.3, -0.25) is 4.79 Å². The van der Waals surface area contributed by atoms with E-state index >= 15 is 0 Å². The lowest BCUT2D eigenvalue weighted by atomic mass is 10.1. The number of carbonyl (C=O) groups is 1. The zero-order valence-electron chi connectivity index (χ0n) is 79.1. The van der Waals surface area contributed by atoms with Crippen molar-refractivity contribution in [2.45, 2.75) is 40.4 Å². The molecule has 708 valence electrons. The monoisotopic (exact) mass is 1880 g/mol. The van der Waals surface area contributed by atoms with Crippen molar-refractivity contribution in [2.75, 3.05) is 35.2 Å². The number of hydrogen-bond acceptors (Lipinski definition) is 22. The fourth-order valence-corrected chi connectivity index (χ4v) is 14.9. The van der Waals surface area contributed by atoms with Crippen LogP contribution in [-0.2, 0) is 11.4 Å². The highest BCUT2D eigenvalue weighted by Gasteiger charge is 2.16. The fraction of sp³-hybridized carbons (Fsp3) is 0.0917.